The summed E-state index contributed by atoms with van der Waals surface area (Å²) in [4.78, 5) is 22.7. The summed E-state index contributed by atoms with van der Waals surface area (Å²) in [5.74, 6) is 0.456. The Kier molecular flexibility index (Phi) is 36.9. The van der Waals surface area contributed by atoms with Crippen molar-refractivity contribution in [3.63, 3.8) is 0 Å². The van der Waals surface area contributed by atoms with Crippen LogP contribution in [0.15, 0.2) is 24.3 Å². The number of nitrogens with one attached hydrogen (secondary N) is 1. The fraction of sp³-hybridized carbons (Fsp3) is 0.795. The zero-order valence-corrected chi connectivity index (χ0v) is 33.0. The average molecular weight is 776 g/mol. The van der Waals surface area contributed by atoms with E-state index in [1.807, 2.05) is 0 Å². The van der Waals surface area contributed by atoms with Gasteiger partial charge in [0.1, 0.15) is 19.0 Å². The molecule has 0 fully saturated rings. The van der Waals surface area contributed by atoms with Crippen LogP contribution in [0, 0.1) is 0 Å². The van der Waals surface area contributed by atoms with Crippen LogP contribution in [0.2, 0.25) is 0 Å². The molecule has 0 bridgehead atoms. The number of benzene rings is 1. The number of carbonyl (C=O) groups is 2. The molecule has 0 aromatic heterocycles. The molecule has 1 aromatic rings. The quantitative estimate of drug-likeness (QED) is 0.0732. The van der Waals surface area contributed by atoms with E-state index in [2.05, 4.69) is 12.2 Å². The molecule has 1 amide bonds. The van der Waals surface area contributed by atoms with Crippen molar-refractivity contribution in [1.29, 1.82) is 0 Å². The topological polar surface area (TPSA) is 157 Å². The predicted molar refractivity (Wildman–Crippen MR) is 203 cm³/mol. The van der Waals surface area contributed by atoms with Crippen LogP contribution in [0.4, 0.5) is 5.69 Å². The lowest BCUT2D eigenvalue weighted by atomic mass is 10.1. The van der Waals surface area contributed by atoms with Gasteiger partial charge in [-0.05, 0) is 30.7 Å². The Labute approximate surface area is 323 Å². The third kappa shape index (κ3) is 36.5. The molecular weight excluding hydrogens is 706 g/mol. The minimum Gasteiger partial charge on any atom is -0.491 e. The molecule has 0 atom stereocenters. The van der Waals surface area contributed by atoms with E-state index >= 15 is 0 Å². The van der Waals surface area contributed by atoms with E-state index in [0.29, 0.717) is 151 Å². The number of esters is 1. The first-order valence-corrected chi connectivity index (χ1v) is 19.5. The summed E-state index contributed by atoms with van der Waals surface area (Å²) in [6.45, 7) is 13.9. The minimum absolute atomic E-state index is 0.110. The van der Waals surface area contributed by atoms with Crippen molar-refractivity contribution in [2.45, 2.75) is 58.8 Å². The zero-order chi connectivity index (χ0) is 38.8. The maximum absolute atomic E-state index is 11.7. The number of hydrogen-bond acceptors (Lipinski definition) is 14. The standard InChI is InChI=1S/C39H69NO14/c1-3-4-5-6-7-8-9-39(42)54-35-33-52-31-29-50-27-25-48-23-21-46-19-17-44-15-14-43-16-18-45-20-22-47-24-26-49-28-30-51-32-34-53-38-12-10-37(11-13-38)40-36(2)41/h10-13H,3-9,14-35H2,1-2H3,(H,40,41). The highest BCUT2D eigenvalue weighted by Gasteiger charge is 2.03. The number of carbonyl (C=O) groups excluding carboxylic acids is 2. The number of unbranched alkanes of at least 4 members (excludes halogenated alkanes) is 5. The molecule has 0 aliphatic carbocycles. The van der Waals surface area contributed by atoms with Gasteiger partial charge in [-0.2, -0.15) is 0 Å². The van der Waals surface area contributed by atoms with Gasteiger partial charge >= 0.3 is 5.97 Å². The summed E-state index contributed by atoms with van der Waals surface area (Å²) in [6, 6.07) is 7.17. The molecule has 15 heteroatoms. The van der Waals surface area contributed by atoms with Crippen LogP contribution in [-0.2, 0) is 61.7 Å². The highest BCUT2D eigenvalue weighted by molar-refractivity contribution is 5.88. The van der Waals surface area contributed by atoms with Crippen LogP contribution < -0.4 is 10.1 Å². The zero-order valence-electron chi connectivity index (χ0n) is 33.0. The summed E-state index contributed by atoms with van der Waals surface area (Å²) in [5, 5.41) is 2.71. The van der Waals surface area contributed by atoms with Crippen LogP contribution in [0.5, 0.6) is 5.75 Å². The third-order valence-corrected chi connectivity index (χ3v) is 7.24. The maximum Gasteiger partial charge on any atom is 0.305 e. The number of rotatable bonds is 42. The number of amides is 1. The summed E-state index contributed by atoms with van der Waals surface area (Å²) >= 11 is 0. The van der Waals surface area contributed by atoms with Crippen molar-refractivity contribution in [2.75, 3.05) is 151 Å². The van der Waals surface area contributed by atoms with Gasteiger partial charge in [0.25, 0.3) is 0 Å². The van der Waals surface area contributed by atoms with E-state index in [9.17, 15) is 9.59 Å². The van der Waals surface area contributed by atoms with Crippen LogP contribution in [-0.4, -0.2) is 157 Å². The van der Waals surface area contributed by atoms with Crippen molar-refractivity contribution in [3.8, 4) is 5.75 Å². The molecule has 54 heavy (non-hydrogen) atoms. The molecule has 0 aliphatic heterocycles. The van der Waals surface area contributed by atoms with Crippen molar-refractivity contribution in [2.24, 2.45) is 0 Å². The Morgan fingerprint density at radius 1 is 0.444 bits per heavy atom. The second-order valence-electron chi connectivity index (χ2n) is 11.9. The van der Waals surface area contributed by atoms with E-state index < -0.39 is 0 Å². The molecule has 0 unspecified atom stereocenters. The van der Waals surface area contributed by atoms with Gasteiger partial charge in [0, 0.05) is 19.0 Å². The second-order valence-corrected chi connectivity index (χ2v) is 11.9. The van der Waals surface area contributed by atoms with Gasteiger partial charge < -0.3 is 62.2 Å². The van der Waals surface area contributed by atoms with Gasteiger partial charge in [-0.25, -0.2) is 0 Å². The van der Waals surface area contributed by atoms with Crippen molar-refractivity contribution in [3.05, 3.63) is 24.3 Å². The maximum atomic E-state index is 11.7. The van der Waals surface area contributed by atoms with Crippen molar-refractivity contribution < 1.29 is 66.4 Å². The molecule has 1 rings (SSSR count). The van der Waals surface area contributed by atoms with Crippen molar-refractivity contribution >= 4 is 17.6 Å². The van der Waals surface area contributed by atoms with Gasteiger partial charge in [-0.1, -0.05) is 39.0 Å². The summed E-state index contributed by atoms with van der Waals surface area (Å²) in [5.41, 5.74) is 0.729. The molecule has 0 aliphatic rings. The monoisotopic (exact) mass is 775 g/mol. The van der Waals surface area contributed by atoms with Crippen molar-refractivity contribution in [1.82, 2.24) is 0 Å². The largest absolute Gasteiger partial charge is 0.491 e. The third-order valence-electron chi connectivity index (χ3n) is 7.24. The lowest BCUT2D eigenvalue weighted by Crippen LogP contribution is -2.15. The van der Waals surface area contributed by atoms with E-state index in [4.69, 9.17) is 56.8 Å². The van der Waals surface area contributed by atoms with Crippen LogP contribution >= 0.6 is 0 Å². The lowest BCUT2D eigenvalue weighted by molar-refractivity contribution is -0.145. The molecule has 0 heterocycles. The molecular formula is C39H69NO14. The molecule has 0 saturated carbocycles. The van der Waals surface area contributed by atoms with Gasteiger partial charge in [-0.3, -0.25) is 9.59 Å². The SMILES string of the molecule is CCCCCCCCC(=O)OCCOCCOCCOCCOCCOCCOCCOCCOCCOCCOCCOc1ccc(NC(C)=O)cc1. The number of ether oxygens (including phenoxy) is 12. The molecule has 1 aromatic carbocycles. The van der Waals surface area contributed by atoms with Crippen LogP contribution in [0.25, 0.3) is 0 Å². The highest BCUT2D eigenvalue weighted by Crippen LogP contribution is 2.15. The Balaban J connectivity index is 1.66. The summed E-state index contributed by atoms with van der Waals surface area (Å²) in [6.07, 6.45) is 7.40. The average Bonchev–Trinajstić information content (AvgIpc) is 3.16. The predicted octanol–water partition coefficient (Wildman–Crippen LogP) is 4.48. The lowest BCUT2D eigenvalue weighted by Gasteiger charge is -2.09. The van der Waals surface area contributed by atoms with E-state index in [1.54, 1.807) is 24.3 Å². The number of anilines is 1. The Morgan fingerprint density at radius 3 is 1.15 bits per heavy atom. The second kappa shape index (κ2) is 40.2. The Morgan fingerprint density at radius 2 is 0.778 bits per heavy atom. The fourth-order valence-electron chi connectivity index (χ4n) is 4.47. The highest BCUT2D eigenvalue weighted by atomic mass is 16.6. The normalized spacial score (nSPS) is 11.2. The van der Waals surface area contributed by atoms with E-state index in [-0.39, 0.29) is 18.5 Å². The molecule has 1 N–H and O–H groups in total. The fourth-order valence-corrected chi connectivity index (χ4v) is 4.47. The van der Waals surface area contributed by atoms with Gasteiger partial charge in [-0.15, -0.1) is 0 Å². The van der Waals surface area contributed by atoms with Gasteiger partial charge in [0.15, 0.2) is 0 Å². The van der Waals surface area contributed by atoms with Gasteiger partial charge in [0.2, 0.25) is 5.91 Å². The van der Waals surface area contributed by atoms with E-state index in [1.165, 1.54) is 32.6 Å². The molecule has 0 spiro atoms. The minimum atomic E-state index is -0.147. The molecule has 15 nitrogen and oxygen atoms in total. The first kappa shape index (κ1) is 49.6. The first-order valence-electron chi connectivity index (χ1n) is 19.5. The summed E-state index contributed by atoms with van der Waals surface area (Å²) < 4.78 is 65.6. The molecule has 314 valence electrons. The smallest absolute Gasteiger partial charge is 0.305 e. The Bertz CT molecular complexity index is 956. The first-order chi connectivity index (χ1) is 26.6. The van der Waals surface area contributed by atoms with Gasteiger partial charge in [0.05, 0.1) is 132 Å². The Hall–Kier alpha value is -2.44. The summed E-state index contributed by atoms with van der Waals surface area (Å²) in [7, 11) is 0. The number of hydrogen-bond donors (Lipinski definition) is 1. The van der Waals surface area contributed by atoms with Crippen LogP contribution in [0.1, 0.15) is 58.8 Å². The van der Waals surface area contributed by atoms with E-state index in [0.717, 1.165) is 18.5 Å². The molecule has 0 radical (unpaired) electrons. The molecule has 0 saturated heterocycles. The van der Waals surface area contributed by atoms with Crippen LogP contribution in [0.3, 0.4) is 0 Å².